The molecule has 0 radical (unpaired) electrons. The maximum absolute atomic E-state index is 13.7. The quantitative estimate of drug-likeness (QED) is 0.829. The topological polar surface area (TPSA) is 30.5 Å². The van der Waals surface area contributed by atoms with Crippen LogP contribution in [0.5, 0.6) is 11.5 Å². The monoisotopic (exact) mass is 241 g/mol. The third kappa shape index (κ3) is 3.89. The molecule has 0 saturated carbocycles. The van der Waals surface area contributed by atoms with Crippen LogP contribution in [0.15, 0.2) is 12.1 Å². The summed E-state index contributed by atoms with van der Waals surface area (Å²) >= 11 is 0. The first-order valence-corrected chi connectivity index (χ1v) is 5.76. The third-order valence-electron chi connectivity index (χ3n) is 2.34. The Morgan fingerprint density at radius 1 is 1.29 bits per heavy atom. The molecule has 1 rings (SSSR count). The lowest BCUT2D eigenvalue weighted by atomic mass is 10.1. The first kappa shape index (κ1) is 13.8. The molecular weight excluding hydrogens is 221 g/mol. The van der Waals surface area contributed by atoms with Gasteiger partial charge in [-0.15, -0.1) is 0 Å². The van der Waals surface area contributed by atoms with Gasteiger partial charge in [0.2, 0.25) is 0 Å². The Balaban J connectivity index is 2.99. The van der Waals surface area contributed by atoms with Gasteiger partial charge in [0.25, 0.3) is 0 Å². The SMILES string of the molecule is CNCCc1cc(OC(C)C)c(OC)cc1F. The summed E-state index contributed by atoms with van der Waals surface area (Å²) in [5.41, 5.74) is 0.635. The highest BCUT2D eigenvalue weighted by Gasteiger charge is 2.12. The molecule has 0 aliphatic rings. The van der Waals surface area contributed by atoms with Gasteiger partial charge >= 0.3 is 0 Å². The molecule has 1 N–H and O–H groups in total. The maximum atomic E-state index is 13.7. The zero-order valence-electron chi connectivity index (χ0n) is 10.8. The van der Waals surface area contributed by atoms with Gasteiger partial charge in [-0.05, 0) is 45.5 Å². The van der Waals surface area contributed by atoms with E-state index in [4.69, 9.17) is 9.47 Å². The number of rotatable bonds is 6. The van der Waals surface area contributed by atoms with Gasteiger partial charge in [-0.3, -0.25) is 0 Å². The molecule has 96 valence electrons. The van der Waals surface area contributed by atoms with Crippen molar-refractivity contribution in [2.45, 2.75) is 26.4 Å². The molecule has 17 heavy (non-hydrogen) atoms. The second-order valence-electron chi connectivity index (χ2n) is 4.11. The summed E-state index contributed by atoms with van der Waals surface area (Å²) in [6.07, 6.45) is 0.660. The van der Waals surface area contributed by atoms with E-state index in [-0.39, 0.29) is 11.9 Å². The van der Waals surface area contributed by atoms with Crippen LogP contribution in [0.4, 0.5) is 4.39 Å². The molecule has 1 aromatic rings. The number of hydrogen-bond acceptors (Lipinski definition) is 3. The van der Waals surface area contributed by atoms with E-state index >= 15 is 0 Å². The molecule has 0 aromatic heterocycles. The molecule has 0 atom stereocenters. The second kappa shape index (κ2) is 6.45. The van der Waals surface area contributed by atoms with Crippen LogP contribution in [-0.2, 0) is 6.42 Å². The minimum absolute atomic E-state index is 0.0338. The van der Waals surface area contributed by atoms with Gasteiger partial charge in [0.1, 0.15) is 5.82 Å². The van der Waals surface area contributed by atoms with Crippen molar-refractivity contribution in [3.8, 4) is 11.5 Å². The largest absolute Gasteiger partial charge is 0.493 e. The Morgan fingerprint density at radius 2 is 2.00 bits per heavy atom. The summed E-state index contributed by atoms with van der Waals surface area (Å²) in [4.78, 5) is 0. The molecule has 0 aliphatic heterocycles. The Kier molecular flexibility index (Phi) is 5.22. The van der Waals surface area contributed by atoms with Crippen molar-refractivity contribution in [3.63, 3.8) is 0 Å². The smallest absolute Gasteiger partial charge is 0.163 e. The van der Waals surface area contributed by atoms with Crippen LogP contribution in [0.25, 0.3) is 0 Å². The predicted octanol–water partition coefficient (Wildman–Crippen LogP) is 2.38. The first-order valence-electron chi connectivity index (χ1n) is 5.76. The first-order chi connectivity index (χ1) is 8.08. The molecule has 0 unspecified atom stereocenters. The number of benzene rings is 1. The van der Waals surface area contributed by atoms with E-state index in [1.807, 2.05) is 20.9 Å². The van der Waals surface area contributed by atoms with Crippen molar-refractivity contribution in [1.82, 2.24) is 5.32 Å². The zero-order valence-corrected chi connectivity index (χ0v) is 10.8. The van der Waals surface area contributed by atoms with Crippen molar-refractivity contribution in [2.24, 2.45) is 0 Å². The van der Waals surface area contributed by atoms with E-state index in [2.05, 4.69) is 5.32 Å². The van der Waals surface area contributed by atoms with Gasteiger partial charge in [-0.25, -0.2) is 4.39 Å². The molecule has 0 bridgehead atoms. The van der Waals surface area contributed by atoms with E-state index in [1.165, 1.54) is 13.2 Å². The lowest BCUT2D eigenvalue weighted by Gasteiger charge is -2.15. The molecule has 0 aliphatic carbocycles. The van der Waals surface area contributed by atoms with Crippen LogP contribution < -0.4 is 14.8 Å². The minimum atomic E-state index is -0.256. The fourth-order valence-electron chi connectivity index (χ4n) is 1.53. The number of methoxy groups -OCH3 is 1. The molecule has 0 amide bonds. The van der Waals surface area contributed by atoms with E-state index in [0.29, 0.717) is 23.5 Å². The van der Waals surface area contributed by atoms with Gasteiger partial charge in [-0.2, -0.15) is 0 Å². The van der Waals surface area contributed by atoms with Gasteiger partial charge in [0, 0.05) is 6.07 Å². The highest BCUT2D eigenvalue weighted by atomic mass is 19.1. The van der Waals surface area contributed by atoms with Crippen LogP contribution in [0.3, 0.4) is 0 Å². The van der Waals surface area contributed by atoms with Gasteiger partial charge < -0.3 is 14.8 Å². The number of halogens is 1. The number of nitrogens with one attached hydrogen (secondary N) is 1. The van der Waals surface area contributed by atoms with Crippen LogP contribution in [-0.4, -0.2) is 26.8 Å². The van der Waals surface area contributed by atoms with Gasteiger partial charge in [0.15, 0.2) is 11.5 Å². The molecule has 0 spiro atoms. The molecule has 0 saturated heterocycles. The summed E-state index contributed by atoms with van der Waals surface area (Å²) in [6.45, 7) is 4.58. The lowest BCUT2D eigenvalue weighted by Crippen LogP contribution is -2.12. The summed E-state index contributed by atoms with van der Waals surface area (Å²) in [5.74, 6) is 0.771. The summed E-state index contributed by atoms with van der Waals surface area (Å²) < 4.78 is 24.4. The fraction of sp³-hybridized carbons (Fsp3) is 0.538. The van der Waals surface area contributed by atoms with E-state index in [0.717, 1.165) is 6.54 Å². The van der Waals surface area contributed by atoms with E-state index < -0.39 is 0 Å². The Bertz CT molecular complexity index is 367. The van der Waals surface area contributed by atoms with Crippen molar-refractivity contribution >= 4 is 0 Å². The molecule has 1 aromatic carbocycles. The fourth-order valence-corrected chi connectivity index (χ4v) is 1.53. The van der Waals surface area contributed by atoms with Crippen molar-refractivity contribution < 1.29 is 13.9 Å². The summed E-state index contributed by atoms with van der Waals surface area (Å²) in [6, 6.07) is 3.09. The van der Waals surface area contributed by atoms with Crippen LogP contribution in [0, 0.1) is 5.82 Å². The normalized spacial score (nSPS) is 10.7. The summed E-state index contributed by atoms with van der Waals surface area (Å²) in [7, 11) is 3.35. The van der Waals surface area contributed by atoms with E-state index in [1.54, 1.807) is 6.07 Å². The van der Waals surface area contributed by atoms with Crippen molar-refractivity contribution in [3.05, 3.63) is 23.5 Å². The average Bonchev–Trinajstić information content (AvgIpc) is 2.28. The zero-order chi connectivity index (χ0) is 12.8. The van der Waals surface area contributed by atoms with Crippen molar-refractivity contribution in [1.29, 1.82) is 0 Å². The van der Waals surface area contributed by atoms with Crippen LogP contribution in [0.2, 0.25) is 0 Å². The Hall–Kier alpha value is -1.29. The predicted molar refractivity (Wildman–Crippen MR) is 66.3 cm³/mol. The number of hydrogen-bond donors (Lipinski definition) is 1. The minimum Gasteiger partial charge on any atom is -0.493 e. The second-order valence-corrected chi connectivity index (χ2v) is 4.11. The molecule has 4 heteroatoms. The highest BCUT2D eigenvalue weighted by molar-refractivity contribution is 5.44. The lowest BCUT2D eigenvalue weighted by molar-refractivity contribution is 0.229. The summed E-state index contributed by atoms with van der Waals surface area (Å²) in [5, 5.41) is 2.99. The Labute approximate surface area is 102 Å². The maximum Gasteiger partial charge on any atom is 0.163 e. The van der Waals surface area contributed by atoms with Gasteiger partial charge in [0.05, 0.1) is 13.2 Å². The number of likely N-dealkylation sites (N-methyl/N-ethyl adjacent to an activating group) is 1. The van der Waals surface area contributed by atoms with Gasteiger partial charge in [-0.1, -0.05) is 0 Å². The highest BCUT2D eigenvalue weighted by Crippen LogP contribution is 2.31. The number of ether oxygens (including phenoxy) is 2. The molecule has 0 heterocycles. The Morgan fingerprint density at radius 3 is 2.53 bits per heavy atom. The average molecular weight is 241 g/mol. The molecular formula is C13H20FNO2. The third-order valence-corrected chi connectivity index (χ3v) is 2.34. The van der Waals surface area contributed by atoms with Crippen LogP contribution >= 0.6 is 0 Å². The van der Waals surface area contributed by atoms with Crippen LogP contribution in [0.1, 0.15) is 19.4 Å². The molecule has 3 nitrogen and oxygen atoms in total. The molecule has 0 fully saturated rings. The van der Waals surface area contributed by atoms with Crippen molar-refractivity contribution in [2.75, 3.05) is 20.7 Å². The standard InChI is InChI=1S/C13H20FNO2/c1-9(2)17-13-7-10(5-6-15-3)11(14)8-12(13)16-4/h7-9,15H,5-6H2,1-4H3. The van der Waals surface area contributed by atoms with E-state index in [9.17, 15) is 4.39 Å².